The first-order valence-corrected chi connectivity index (χ1v) is 9.33. The number of aryl methyl sites for hydroxylation is 1. The highest BCUT2D eigenvalue weighted by Crippen LogP contribution is 2.35. The van der Waals surface area contributed by atoms with Gasteiger partial charge >= 0.3 is 0 Å². The molecule has 0 unspecified atom stereocenters. The van der Waals surface area contributed by atoms with Crippen LogP contribution in [0.15, 0.2) is 46.9 Å². The van der Waals surface area contributed by atoms with E-state index in [1.54, 1.807) is 36.1 Å². The summed E-state index contributed by atoms with van der Waals surface area (Å²) >= 11 is 0. The lowest BCUT2D eigenvalue weighted by atomic mass is 10.1. The third-order valence-electron chi connectivity index (χ3n) is 4.78. The van der Waals surface area contributed by atoms with Gasteiger partial charge in [0, 0.05) is 37.7 Å². The highest BCUT2D eigenvalue weighted by Gasteiger charge is 2.28. The predicted octanol–water partition coefficient (Wildman–Crippen LogP) is 4.06. The quantitative estimate of drug-likeness (QED) is 0.683. The number of carbonyl (C=O) groups excluding carboxylic acids is 1. The van der Waals surface area contributed by atoms with Crippen molar-refractivity contribution in [2.75, 3.05) is 29.4 Å². The second kappa shape index (κ2) is 7.42. The van der Waals surface area contributed by atoms with Crippen LogP contribution in [0.4, 0.5) is 15.8 Å². The van der Waals surface area contributed by atoms with E-state index in [0.29, 0.717) is 41.7 Å². The third-order valence-corrected chi connectivity index (χ3v) is 4.78. The first kappa shape index (κ1) is 18.2. The smallest absolute Gasteiger partial charge is 0.258 e. The Hall–Kier alpha value is -3.22. The summed E-state index contributed by atoms with van der Waals surface area (Å²) < 4.78 is 19.4. The number of nitrogens with zero attached hydrogens (tertiary/aromatic N) is 4. The van der Waals surface area contributed by atoms with Gasteiger partial charge in [-0.3, -0.25) is 4.79 Å². The summed E-state index contributed by atoms with van der Waals surface area (Å²) in [7, 11) is 0. The van der Waals surface area contributed by atoms with Gasteiger partial charge in [0.2, 0.25) is 11.8 Å². The summed E-state index contributed by atoms with van der Waals surface area (Å²) in [5.41, 5.74) is 2.65. The first-order valence-electron chi connectivity index (χ1n) is 9.33. The highest BCUT2D eigenvalue weighted by atomic mass is 19.1. The number of hydrogen-bond donors (Lipinski definition) is 0. The molecular formula is C21H21FN4O2. The van der Waals surface area contributed by atoms with Crippen LogP contribution < -0.4 is 9.80 Å². The maximum atomic E-state index is 14.0. The molecule has 7 heteroatoms. The zero-order chi connectivity index (χ0) is 19.7. The minimum atomic E-state index is -0.356. The van der Waals surface area contributed by atoms with Crippen LogP contribution in [0.5, 0.6) is 0 Å². The van der Waals surface area contributed by atoms with Gasteiger partial charge in [0.1, 0.15) is 5.82 Å². The van der Waals surface area contributed by atoms with E-state index in [9.17, 15) is 9.18 Å². The Labute approximate surface area is 162 Å². The number of fused-ring (bicyclic) bond motifs is 1. The molecule has 0 spiro atoms. The zero-order valence-electron chi connectivity index (χ0n) is 15.9. The van der Waals surface area contributed by atoms with E-state index in [0.717, 1.165) is 18.7 Å². The molecule has 0 bridgehead atoms. The van der Waals surface area contributed by atoms with Gasteiger partial charge in [-0.15, -0.1) is 10.2 Å². The number of halogens is 1. The molecule has 1 amide bonds. The van der Waals surface area contributed by atoms with Crippen LogP contribution in [0.25, 0.3) is 11.5 Å². The van der Waals surface area contributed by atoms with Crippen LogP contribution in [0.1, 0.15) is 29.6 Å². The Kier molecular flexibility index (Phi) is 4.81. The first-order chi connectivity index (χ1) is 13.6. The Bertz CT molecular complexity index is 1020. The van der Waals surface area contributed by atoms with Gasteiger partial charge in [0.25, 0.3) is 5.91 Å². The standard InChI is InChI=1S/C21H21FN4O2/c1-3-9-25-10-11-26(19-13-17(22)7-8-18(19)25)21(27)16-6-4-5-15(12-16)20-24-23-14(2)28-20/h4-8,12-13H,3,9-11H2,1-2H3. The van der Waals surface area contributed by atoms with E-state index >= 15 is 0 Å². The number of aromatic nitrogens is 2. The van der Waals surface area contributed by atoms with Crippen LogP contribution in [-0.4, -0.2) is 35.7 Å². The lowest BCUT2D eigenvalue weighted by molar-refractivity contribution is 0.0986. The van der Waals surface area contributed by atoms with Crippen molar-refractivity contribution >= 4 is 17.3 Å². The molecule has 0 radical (unpaired) electrons. The molecule has 1 aliphatic heterocycles. The van der Waals surface area contributed by atoms with E-state index < -0.39 is 0 Å². The van der Waals surface area contributed by atoms with E-state index in [2.05, 4.69) is 22.0 Å². The van der Waals surface area contributed by atoms with Crippen LogP contribution in [0.3, 0.4) is 0 Å². The topological polar surface area (TPSA) is 62.5 Å². The van der Waals surface area contributed by atoms with Crippen LogP contribution in [0.2, 0.25) is 0 Å². The molecule has 28 heavy (non-hydrogen) atoms. The van der Waals surface area contributed by atoms with Crippen LogP contribution in [-0.2, 0) is 0 Å². The van der Waals surface area contributed by atoms with Gasteiger partial charge in [-0.25, -0.2) is 4.39 Å². The SMILES string of the molecule is CCCN1CCN(C(=O)c2cccc(-c3nnc(C)o3)c2)c2cc(F)ccc21. The molecule has 0 saturated carbocycles. The zero-order valence-corrected chi connectivity index (χ0v) is 15.9. The van der Waals surface area contributed by atoms with Crippen molar-refractivity contribution < 1.29 is 13.6 Å². The minimum Gasteiger partial charge on any atom is -0.421 e. The third kappa shape index (κ3) is 3.35. The number of anilines is 2. The fourth-order valence-electron chi connectivity index (χ4n) is 3.51. The molecule has 4 rings (SSSR count). The van der Waals surface area contributed by atoms with Crippen molar-refractivity contribution in [3.8, 4) is 11.5 Å². The maximum Gasteiger partial charge on any atom is 0.258 e. The molecule has 0 atom stereocenters. The van der Waals surface area contributed by atoms with Gasteiger partial charge in [-0.1, -0.05) is 13.0 Å². The monoisotopic (exact) mass is 380 g/mol. The Morgan fingerprint density at radius 1 is 1.14 bits per heavy atom. The predicted molar refractivity (Wildman–Crippen MR) is 105 cm³/mol. The van der Waals surface area contributed by atoms with E-state index in [4.69, 9.17) is 4.42 Å². The van der Waals surface area contributed by atoms with Crippen LogP contribution in [0, 0.1) is 12.7 Å². The van der Waals surface area contributed by atoms with Gasteiger partial charge in [0.05, 0.1) is 11.4 Å². The molecule has 3 aromatic rings. The Morgan fingerprint density at radius 2 is 2.00 bits per heavy atom. The molecule has 1 aromatic heterocycles. The number of rotatable bonds is 4. The van der Waals surface area contributed by atoms with E-state index in [1.165, 1.54) is 12.1 Å². The molecular weight excluding hydrogens is 359 g/mol. The largest absolute Gasteiger partial charge is 0.421 e. The van der Waals surface area contributed by atoms with Crippen molar-refractivity contribution in [2.45, 2.75) is 20.3 Å². The summed E-state index contributed by atoms with van der Waals surface area (Å²) in [6.45, 7) is 5.89. The molecule has 2 aromatic carbocycles. The number of hydrogen-bond acceptors (Lipinski definition) is 5. The van der Waals surface area contributed by atoms with E-state index in [-0.39, 0.29) is 11.7 Å². The molecule has 1 aliphatic rings. The lowest BCUT2D eigenvalue weighted by Crippen LogP contribution is -2.44. The molecule has 144 valence electrons. The summed E-state index contributed by atoms with van der Waals surface area (Å²) in [5.74, 6) is 0.292. The van der Waals surface area contributed by atoms with Crippen LogP contribution >= 0.6 is 0 Å². The van der Waals surface area contributed by atoms with Crippen molar-refractivity contribution in [1.29, 1.82) is 0 Å². The molecule has 0 saturated heterocycles. The average Bonchev–Trinajstić information content (AvgIpc) is 3.14. The molecule has 0 aliphatic carbocycles. The number of amides is 1. The van der Waals surface area contributed by atoms with Gasteiger partial charge < -0.3 is 14.2 Å². The van der Waals surface area contributed by atoms with Gasteiger partial charge in [-0.2, -0.15) is 0 Å². The maximum absolute atomic E-state index is 14.0. The van der Waals surface area contributed by atoms with Crippen molar-refractivity contribution in [1.82, 2.24) is 10.2 Å². The second-order valence-electron chi connectivity index (χ2n) is 6.78. The molecule has 0 fully saturated rings. The number of benzene rings is 2. The summed E-state index contributed by atoms with van der Waals surface area (Å²) in [4.78, 5) is 17.1. The van der Waals surface area contributed by atoms with Crippen molar-refractivity contribution in [2.24, 2.45) is 0 Å². The Morgan fingerprint density at radius 3 is 2.75 bits per heavy atom. The fourth-order valence-corrected chi connectivity index (χ4v) is 3.51. The van der Waals surface area contributed by atoms with Gasteiger partial charge in [-0.05, 0) is 42.8 Å². The fraction of sp³-hybridized carbons (Fsp3) is 0.286. The molecule has 0 N–H and O–H groups in total. The summed E-state index contributed by atoms with van der Waals surface area (Å²) in [6, 6.07) is 11.7. The highest BCUT2D eigenvalue weighted by molar-refractivity contribution is 6.08. The van der Waals surface area contributed by atoms with Gasteiger partial charge in [0.15, 0.2) is 0 Å². The second-order valence-corrected chi connectivity index (χ2v) is 6.78. The summed E-state index contributed by atoms with van der Waals surface area (Å²) in [6.07, 6.45) is 0.983. The molecule has 2 heterocycles. The van der Waals surface area contributed by atoms with Crippen molar-refractivity contribution in [3.63, 3.8) is 0 Å². The normalized spacial score (nSPS) is 13.5. The van der Waals surface area contributed by atoms with Crippen molar-refractivity contribution in [3.05, 3.63) is 59.7 Å². The Balaban J connectivity index is 1.69. The van der Waals surface area contributed by atoms with E-state index in [1.807, 2.05) is 6.07 Å². The minimum absolute atomic E-state index is 0.180. The summed E-state index contributed by atoms with van der Waals surface area (Å²) in [5, 5.41) is 7.84. The molecule has 6 nitrogen and oxygen atoms in total. The average molecular weight is 380 g/mol. The number of carbonyl (C=O) groups is 1. The lowest BCUT2D eigenvalue weighted by Gasteiger charge is -2.37.